The van der Waals surface area contributed by atoms with Crippen LogP contribution in [0.25, 0.3) is 11.1 Å². The van der Waals surface area contributed by atoms with Gasteiger partial charge in [-0.3, -0.25) is 15.1 Å². The molecule has 1 amide bonds. The number of likely N-dealkylation sites (N-methyl/N-ethyl adjacent to an activating group) is 1. The van der Waals surface area contributed by atoms with Crippen LogP contribution in [-0.2, 0) is 4.79 Å². The summed E-state index contributed by atoms with van der Waals surface area (Å²) >= 11 is 0. The van der Waals surface area contributed by atoms with E-state index in [1.165, 1.54) is 18.0 Å². The first-order chi connectivity index (χ1) is 11.9. The Kier molecular flexibility index (Phi) is 4.44. The van der Waals surface area contributed by atoms with E-state index in [9.17, 15) is 9.18 Å². The second-order valence-electron chi connectivity index (χ2n) is 6.46. The highest BCUT2D eigenvalue weighted by molar-refractivity contribution is 5.98. The van der Waals surface area contributed by atoms with Crippen molar-refractivity contribution in [2.45, 2.75) is 18.8 Å². The van der Waals surface area contributed by atoms with Gasteiger partial charge in [-0.25, -0.2) is 4.39 Å². The summed E-state index contributed by atoms with van der Waals surface area (Å²) in [4.78, 5) is 13.9. The first kappa shape index (κ1) is 17.0. The molecular formula is C19H21FN4O. The lowest BCUT2D eigenvalue weighted by molar-refractivity contribution is -0.128. The van der Waals surface area contributed by atoms with Crippen molar-refractivity contribution in [3.8, 4) is 11.1 Å². The Bertz CT molecular complexity index is 832. The van der Waals surface area contributed by atoms with E-state index in [0.29, 0.717) is 0 Å². The van der Waals surface area contributed by atoms with Gasteiger partial charge < -0.3 is 11.5 Å². The average Bonchev–Trinajstić information content (AvgIpc) is 3.42. The van der Waals surface area contributed by atoms with Gasteiger partial charge in [-0.15, -0.1) is 0 Å². The summed E-state index contributed by atoms with van der Waals surface area (Å²) in [6.07, 6.45) is 1.96. The molecule has 0 aromatic heterocycles. The van der Waals surface area contributed by atoms with Gasteiger partial charge in [0.25, 0.3) is 0 Å². The number of nitrogens with one attached hydrogen (secondary N) is 1. The lowest BCUT2D eigenvalue weighted by atomic mass is 9.90. The summed E-state index contributed by atoms with van der Waals surface area (Å²) in [5.74, 6) is -0.951. The predicted octanol–water partition coefficient (Wildman–Crippen LogP) is 2.92. The number of anilines is 1. The molecule has 5 N–H and O–H groups in total. The summed E-state index contributed by atoms with van der Waals surface area (Å²) in [7, 11) is 1.52. The van der Waals surface area contributed by atoms with Crippen molar-refractivity contribution in [3.63, 3.8) is 0 Å². The van der Waals surface area contributed by atoms with Crippen molar-refractivity contribution in [1.29, 1.82) is 5.41 Å². The van der Waals surface area contributed by atoms with Crippen molar-refractivity contribution in [2.75, 3.05) is 12.8 Å². The van der Waals surface area contributed by atoms with Crippen LogP contribution in [0.5, 0.6) is 0 Å². The lowest BCUT2D eigenvalue weighted by Gasteiger charge is -2.23. The molecular weight excluding hydrogens is 319 g/mol. The van der Waals surface area contributed by atoms with Gasteiger partial charge in [0.05, 0.1) is 11.6 Å². The molecule has 0 radical (unpaired) electrons. The minimum absolute atomic E-state index is 0.0917. The number of hydrogen-bond acceptors (Lipinski definition) is 3. The molecule has 0 unspecified atom stereocenters. The van der Waals surface area contributed by atoms with Crippen LogP contribution in [0.3, 0.4) is 0 Å². The van der Waals surface area contributed by atoms with Crippen molar-refractivity contribution in [1.82, 2.24) is 4.90 Å². The van der Waals surface area contributed by atoms with E-state index in [0.717, 1.165) is 29.5 Å². The van der Waals surface area contributed by atoms with E-state index >= 15 is 0 Å². The van der Waals surface area contributed by atoms with Gasteiger partial charge >= 0.3 is 0 Å². The zero-order chi connectivity index (χ0) is 18.1. The van der Waals surface area contributed by atoms with E-state index in [4.69, 9.17) is 16.9 Å². The quantitative estimate of drug-likeness (QED) is 0.453. The third-order valence-electron chi connectivity index (χ3n) is 4.63. The third-order valence-corrected chi connectivity index (χ3v) is 4.63. The maximum absolute atomic E-state index is 13.4. The third kappa shape index (κ3) is 3.47. The first-order valence-electron chi connectivity index (χ1n) is 8.15. The number of nitrogen functional groups attached to an aromatic ring is 1. The fourth-order valence-electron chi connectivity index (χ4n) is 3.01. The van der Waals surface area contributed by atoms with Crippen molar-refractivity contribution >= 4 is 17.6 Å². The molecule has 0 bridgehead atoms. The summed E-state index contributed by atoms with van der Waals surface area (Å²) in [5, 5.41) is 7.50. The second kappa shape index (κ2) is 6.55. The van der Waals surface area contributed by atoms with Crippen LogP contribution >= 0.6 is 0 Å². The molecule has 2 aromatic carbocycles. The Hall–Kier alpha value is -2.89. The molecule has 1 saturated carbocycles. The highest BCUT2D eigenvalue weighted by Crippen LogP contribution is 2.44. The number of carbonyl (C=O) groups excluding carboxylic acids is 1. The monoisotopic (exact) mass is 340 g/mol. The maximum atomic E-state index is 13.4. The van der Waals surface area contributed by atoms with Gasteiger partial charge in [0.15, 0.2) is 5.96 Å². The molecule has 0 spiro atoms. The maximum Gasteiger partial charge on any atom is 0.236 e. The molecule has 25 heavy (non-hydrogen) atoms. The smallest absolute Gasteiger partial charge is 0.236 e. The van der Waals surface area contributed by atoms with E-state index in [1.807, 2.05) is 24.3 Å². The van der Waals surface area contributed by atoms with E-state index < -0.39 is 5.82 Å². The molecule has 3 rings (SSSR count). The standard InChI is InChI=1S/C19H21FN4O/c1-24(19(22)23)18(25)17(11-5-6-11)14-4-2-3-12(9-14)13-7-8-15(20)16(21)10-13/h2-4,7-11,17H,5-6,21H2,1H3,(H3,22,23)/t17-/m0/s1. The Morgan fingerprint density at radius 3 is 2.52 bits per heavy atom. The number of guanidine groups is 1. The van der Waals surface area contributed by atoms with E-state index in [1.54, 1.807) is 12.1 Å². The van der Waals surface area contributed by atoms with Crippen molar-refractivity contribution in [3.05, 3.63) is 53.8 Å². The van der Waals surface area contributed by atoms with Crippen molar-refractivity contribution < 1.29 is 9.18 Å². The molecule has 1 aliphatic carbocycles. The van der Waals surface area contributed by atoms with Gasteiger partial charge in [0.1, 0.15) is 5.82 Å². The van der Waals surface area contributed by atoms with Crippen LogP contribution in [0.15, 0.2) is 42.5 Å². The Labute approximate surface area is 145 Å². The number of carbonyl (C=O) groups is 1. The number of hydrogen-bond donors (Lipinski definition) is 3. The van der Waals surface area contributed by atoms with Crippen LogP contribution in [0.1, 0.15) is 24.3 Å². The zero-order valence-electron chi connectivity index (χ0n) is 14.0. The summed E-state index contributed by atoms with van der Waals surface area (Å²) < 4.78 is 13.4. The average molecular weight is 340 g/mol. The molecule has 5 nitrogen and oxygen atoms in total. The molecule has 130 valence electrons. The van der Waals surface area contributed by atoms with Crippen molar-refractivity contribution in [2.24, 2.45) is 11.7 Å². The number of nitrogens with zero attached hydrogens (tertiary/aromatic N) is 1. The number of amides is 1. The molecule has 0 saturated heterocycles. The van der Waals surface area contributed by atoms with Crippen LogP contribution in [-0.4, -0.2) is 23.8 Å². The highest BCUT2D eigenvalue weighted by Gasteiger charge is 2.39. The Balaban J connectivity index is 1.97. The molecule has 0 heterocycles. The topological polar surface area (TPSA) is 96.2 Å². The normalized spacial score (nSPS) is 14.8. The molecule has 2 aromatic rings. The predicted molar refractivity (Wildman–Crippen MR) is 96.4 cm³/mol. The number of halogens is 1. The lowest BCUT2D eigenvalue weighted by Crippen LogP contribution is -2.41. The largest absolute Gasteiger partial charge is 0.396 e. The fourth-order valence-corrected chi connectivity index (χ4v) is 3.01. The summed E-state index contributed by atoms with van der Waals surface area (Å²) in [5.41, 5.74) is 13.8. The second-order valence-corrected chi connectivity index (χ2v) is 6.46. The Morgan fingerprint density at radius 1 is 1.24 bits per heavy atom. The highest BCUT2D eigenvalue weighted by atomic mass is 19.1. The van der Waals surface area contributed by atoms with Gasteiger partial charge in [-0.1, -0.05) is 30.3 Å². The molecule has 6 heteroatoms. The minimum atomic E-state index is -0.450. The minimum Gasteiger partial charge on any atom is -0.396 e. The van der Waals surface area contributed by atoms with Gasteiger partial charge in [-0.2, -0.15) is 0 Å². The number of benzene rings is 2. The molecule has 1 aliphatic rings. The van der Waals surface area contributed by atoms with Crippen LogP contribution in [0.2, 0.25) is 0 Å². The van der Waals surface area contributed by atoms with Crippen LogP contribution in [0.4, 0.5) is 10.1 Å². The van der Waals surface area contributed by atoms with Crippen LogP contribution in [0, 0.1) is 17.1 Å². The van der Waals surface area contributed by atoms with Crippen LogP contribution < -0.4 is 11.5 Å². The van der Waals surface area contributed by atoms with Gasteiger partial charge in [-0.05, 0) is 47.6 Å². The SMILES string of the molecule is CN(C(=N)N)C(=O)[C@H](c1cccc(-c2ccc(F)c(N)c2)c1)C1CC1. The fraction of sp³-hybridized carbons (Fsp3) is 0.263. The van der Waals surface area contributed by atoms with E-state index in [-0.39, 0.29) is 29.4 Å². The number of rotatable bonds is 4. The molecule has 1 atom stereocenters. The zero-order valence-corrected chi connectivity index (χ0v) is 14.0. The van der Waals surface area contributed by atoms with Gasteiger partial charge in [0.2, 0.25) is 5.91 Å². The van der Waals surface area contributed by atoms with E-state index in [2.05, 4.69) is 0 Å². The molecule has 1 fully saturated rings. The summed E-state index contributed by atoms with van der Waals surface area (Å²) in [6, 6.07) is 12.2. The number of nitrogens with two attached hydrogens (primary N) is 2. The first-order valence-corrected chi connectivity index (χ1v) is 8.15. The summed E-state index contributed by atoms with van der Waals surface area (Å²) in [6.45, 7) is 0. The Morgan fingerprint density at radius 2 is 1.92 bits per heavy atom. The van der Waals surface area contributed by atoms with Gasteiger partial charge in [0, 0.05) is 7.05 Å². The molecule has 0 aliphatic heterocycles.